The van der Waals surface area contributed by atoms with Crippen molar-refractivity contribution in [3.05, 3.63) is 47.8 Å². The molecule has 0 radical (unpaired) electrons. The number of carbonyl (C=O) groups excluding carboxylic acids is 1. The zero-order valence-corrected chi connectivity index (χ0v) is 13.3. The van der Waals surface area contributed by atoms with Gasteiger partial charge in [0.15, 0.2) is 0 Å². The molecule has 1 aromatic carbocycles. The standard InChI is InChI=1S/C16H17F3N4O2/c17-16(18,19)13-9-20-23(10-13)15(25)22-7-5-21(6-8-22)14-3-1-12(11-24)2-4-14/h1-4,9-10,24H,5-8,11H2. The van der Waals surface area contributed by atoms with E-state index in [0.29, 0.717) is 38.6 Å². The summed E-state index contributed by atoms with van der Waals surface area (Å²) in [6.45, 7) is 1.89. The zero-order valence-electron chi connectivity index (χ0n) is 13.3. The predicted molar refractivity (Wildman–Crippen MR) is 84.2 cm³/mol. The van der Waals surface area contributed by atoms with E-state index in [1.165, 1.54) is 4.90 Å². The molecule has 0 saturated carbocycles. The lowest BCUT2D eigenvalue weighted by Gasteiger charge is -2.35. The van der Waals surface area contributed by atoms with Gasteiger partial charge >= 0.3 is 12.2 Å². The maximum absolute atomic E-state index is 12.6. The molecule has 0 bridgehead atoms. The highest BCUT2D eigenvalue weighted by atomic mass is 19.4. The number of amides is 1. The SMILES string of the molecule is O=C(N1CCN(c2ccc(CO)cc2)CC1)n1cc(C(F)(F)F)cn1. The average molecular weight is 354 g/mol. The summed E-state index contributed by atoms with van der Waals surface area (Å²) in [6, 6.07) is 6.88. The van der Waals surface area contributed by atoms with Gasteiger partial charge in [-0.1, -0.05) is 12.1 Å². The molecule has 0 unspecified atom stereocenters. The van der Waals surface area contributed by atoms with Gasteiger partial charge in [0.25, 0.3) is 0 Å². The normalized spacial score (nSPS) is 15.5. The maximum Gasteiger partial charge on any atom is 0.419 e. The maximum atomic E-state index is 12.6. The Hall–Kier alpha value is -2.55. The van der Waals surface area contributed by atoms with Gasteiger partial charge in [-0.2, -0.15) is 23.0 Å². The van der Waals surface area contributed by atoms with Crippen LogP contribution in [0.5, 0.6) is 0 Å². The summed E-state index contributed by atoms with van der Waals surface area (Å²) in [5.74, 6) is 0. The fourth-order valence-corrected chi connectivity index (χ4v) is 2.69. The van der Waals surface area contributed by atoms with E-state index in [0.717, 1.165) is 15.9 Å². The highest BCUT2D eigenvalue weighted by molar-refractivity contribution is 5.76. The van der Waals surface area contributed by atoms with Gasteiger partial charge in [-0.05, 0) is 17.7 Å². The molecule has 1 saturated heterocycles. The lowest BCUT2D eigenvalue weighted by Crippen LogP contribution is -2.50. The van der Waals surface area contributed by atoms with Crippen molar-refractivity contribution >= 4 is 11.7 Å². The Labute approximate surface area is 142 Å². The van der Waals surface area contributed by atoms with Crippen LogP contribution in [0.4, 0.5) is 23.7 Å². The van der Waals surface area contributed by atoms with E-state index in [2.05, 4.69) is 10.00 Å². The van der Waals surface area contributed by atoms with Gasteiger partial charge < -0.3 is 14.9 Å². The van der Waals surface area contributed by atoms with Crippen LogP contribution in [-0.4, -0.2) is 52.0 Å². The molecular formula is C16H17F3N4O2. The summed E-state index contributed by atoms with van der Waals surface area (Å²) in [6.07, 6.45) is -3.16. The third-order valence-corrected chi connectivity index (χ3v) is 4.14. The average Bonchev–Trinajstić information content (AvgIpc) is 3.12. The number of aliphatic hydroxyl groups is 1. The molecule has 2 heterocycles. The van der Waals surface area contributed by atoms with E-state index < -0.39 is 17.8 Å². The summed E-state index contributed by atoms with van der Waals surface area (Å²) >= 11 is 0. The second kappa shape index (κ2) is 6.75. The van der Waals surface area contributed by atoms with Crippen LogP contribution in [0.25, 0.3) is 0 Å². The number of carbonyl (C=O) groups is 1. The molecule has 0 atom stereocenters. The lowest BCUT2D eigenvalue weighted by molar-refractivity contribution is -0.137. The number of hydrogen-bond acceptors (Lipinski definition) is 4. The van der Waals surface area contributed by atoms with E-state index in [9.17, 15) is 18.0 Å². The van der Waals surface area contributed by atoms with Gasteiger partial charge in [0.2, 0.25) is 0 Å². The Kier molecular flexibility index (Phi) is 4.67. The molecule has 1 aliphatic rings. The highest BCUT2D eigenvalue weighted by Gasteiger charge is 2.33. The molecule has 6 nitrogen and oxygen atoms in total. The number of aliphatic hydroxyl groups excluding tert-OH is 1. The van der Waals surface area contributed by atoms with Gasteiger partial charge in [-0.15, -0.1) is 0 Å². The van der Waals surface area contributed by atoms with Crippen LogP contribution in [0, 0.1) is 0 Å². The van der Waals surface area contributed by atoms with Gasteiger partial charge in [0.1, 0.15) is 0 Å². The number of piperazine rings is 1. The Bertz CT molecular complexity index is 735. The number of nitrogens with zero attached hydrogens (tertiary/aromatic N) is 4. The molecule has 3 rings (SSSR count). The van der Waals surface area contributed by atoms with E-state index in [1.54, 1.807) is 0 Å². The molecule has 2 aromatic rings. The minimum absolute atomic E-state index is 0.0215. The van der Waals surface area contributed by atoms with Crippen LogP contribution >= 0.6 is 0 Å². The Morgan fingerprint density at radius 3 is 2.28 bits per heavy atom. The first-order valence-electron chi connectivity index (χ1n) is 7.74. The number of aromatic nitrogens is 2. The molecule has 134 valence electrons. The number of alkyl halides is 3. The molecule has 1 fully saturated rings. The van der Waals surface area contributed by atoms with Crippen LogP contribution in [0.15, 0.2) is 36.7 Å². The van der Waals surface area contributed by atoms with E-state index in [-0.39, 0.29) is 6.61 Å². The number of rotatable bonds is 2. The third-order valence-electron chi connectivity index (χ3n) is 4.14. The molecule has 0 spiro atoms. The first kappa shape index (κ1) is 17.3. The van der Waals surface area contributed by atoms with Crippen molar-refractivity contribution in [2.75, 3.05) is 31.1 Å². The zero-order chi connectivity index (χ0) is 18.0. The summed E-state index contributed by atoms with van der Waals surface area (Å²) in [5.41, 5.74) is 0.850. The summed E-state index contributed by atoms with van der Waals surface area (Å²) < 4.78 is 38.5. The molecular weight excluding hydrogens is 337 g/mol. The molecule has 1 aliphatic heterocycles. The Morgan fingerprint density at radius 1 is 1.12 bits per heavy atom. The molecule has 1 amide bonds. The van der Waals surface area contributed by atoms with Crippen LogP contribution in [-0.2, 0) is 12.8 Å². The summed E-state index contributed by atoms with van der Waals surface area (Å²) in [4.78, 5) is 15.8. The van der Waals surface area contributed by atoms with E-state index in [1.807, 2.05) is 24.3 Å². The van der Waals surface area contributed by atoms with Crippen molar-refractivity contribution in [3.8, 4) is 0 Å². The molecule has 9 heteroatoms. The monoisotopic (exact) mass is 354 g/mol. The number of hydrogen-bond donors (Lipinski definition) is 1. The highest BCUT2D eigenvalue weighted by Crippen LogP contribution is 2.28. The van der Waals surface area contributed by atoms with Gasteiger partial charge in [0, 0.05) is 38.1 Å². The minimum Gasteiger partial charge on any atom is -0.392 e. The van der Waals surface area contributed by atoms with Crippen molar-refractivity contribution < 1.29 is 23.1 Å². The topological polar surface area (TPSA) is 61.6 Å². The van der Waals surface area contributed by atoms with Gasteiger partial charge in [-0.3, -0.25) is 0 Å². The van der Waals surface area contributed by atoms with Gasteiger partial charge in [-0.25, -0.2) is 4.79 Å². The van der Waals surface area contributed by atoms with Crippen LogP contribution < -0.4 is 4.90 Å². The van der Waals surface area contributed by atoms with Crippen molar-refractivity contribution in [1.29, 1.82) is 0 Å². The van der Waals surface area contributed by atoms with Crippen LogP contribution in [0.3, 0.4) is 0 Å². The van der Waals surface area contributed by atoms with Crippen molar-refractivity contribution in [1.82, 2.24) is 14.7 Å². The number of anilines is 1. The lowest BCUT2D eigenvalue weighted by atomic mass is 10.2. The molecule has 1 N–H and O–H groups in total. The fourth-order valence-electron chi connectivity index (χ4n) is 2.69. The molecule has 0 aliphatic carbocycles. The second-order valence-corrected chi connectivity index (χ2v) is 5.75. The Balaban J connectivity index is 1.61. The number of halogens is 3. The third kappa shape index (κ3) is 3.76. The smallest absolute Gasteiger partial charge is 0.392 e. The molecule has 1 aromatic heterocycles. The van der Waals surface area contributed by atoms with Crippen LogP contribution in [0.1, 0.15) is 11.1 Å². The van der Waals surface area contributed by atoms with Crippen LogP contribution in [0.2, 0.25) is 0 Å². The predicted octanol–water partition coefficient (Wildman–Crippen LogP) is 2.18. The largest absolute Gasteiger partial charge is 0.419 e. The minimum atomic E-state index is -4.52. The van der Waals surface area contributed by atoms with E-state index in [4.69, 9.17) is 5.11 Å². The van der Waals surface area contributed by atoms with Gasteiger partial charge in [0.05, 0.1) is 18.4 Å². The fraction of sp³-hybridized carbons (Fsp3) is 0.375. The quantitative estimate of drug-likeness (QED) is 0.898. The second-order valence-electron chi connectivity index (χ2n) is 5.75. The van der Waals surface area contributed by atoms with Crippen molar-refractivity contribution in [2.24, 2.45) is 0 Å². The first-order valence-corrected chi connectivity index (χ1v) is 7.74. The summed E-state index contributed by atoms with van der Waals surface area (Å²) in [7, 11) is 0. The van der Waals surface area contributed by atoms with Crippen molar-refractivity contribution in [3.63, 3.8) is 0 Å². The van der Waals surface area contributed by atoms with E-state index >= 15 is 0 Å². The molecule has 25 heavy (non-hydrogen) atoms. The number of benzene rings is 1. The van der Waals surface area contributed by atoms with Crippen molar-refractivity contribution in [2.45, 2.75) is 12.8 Å². The summed E-state index contributed by atoms with van der Waals surface area (Å²) in [5, 5.41) is 12.6. The Morgan fingerprint density at radius 2 is 1.76 bits per heavy atom. The first-order chi connectivity index (χ1) is 11.9.